The molecule has 0 bridgehead atoms. The highest BCUT2D eigenvalue weighted by Crippen LogP contribution is 2.24. The topological polar surface area (TPSA) is 26.3 Å². The fraction of sp³-hybridized carbons (Fsp3) is 0.308. The van der Waals surface area contributed by atoms with E-state index in [4.69, 9.17) is 4.84 Å². The van der Waals surface area contributed by atoms with Crippen LogP contribution in [0.2, 0.25) is 0 Å². The number of hydroxylamine groups is 3. The van der Waals surface area contributed by atoms with Gasteiger partial charge in [0.25, 0.3) is 0 Å². The maximum atomic E-state index is 11.2. The largest absolute Gasteiger partial charge is 0.389 e. The van der Waals surface area contributed by atoms with Crippen molar-refractivity contribution in [2.45, 2.75) is 13.0 Å². The Hall–Kier alpha value is -1.61. The third kappa shape index (κ3) is 2.94. The molecule has 0 aliphatic rings. The minimum Gasteiger partial charge on any atom is -0.272 e. The van der Waals surface area contributed by atoms with E-state index in [2.05, 4.69) is 6.58 Å². The van der Waals surface area contributed by atoms with Gasteiger partial charge in [0.2, 0.25) is 0 Å². The van der Waals surface area contributed by atoms with Crippen molar-refractivity contribution in [3.8, 4) is 0 Å². The van der Waals surface area contributed by atoms with E-state index in [-0.39, 0.29) is 10.7 Å². The Morgan fingerprint density at radius 1 is 1.38 bits per heavy atom. The molecule has 0 fully saturated rings. The Kier molecular flexibility index (Phi) is 3.85. The molecule has 0 aliphatic carbocycles. The number of carbonyl (C=O) groups excluding carboxylic acids is 1. The summed E-state index contributed by atoms with van der Waals surface area (Å²) in [7, 11) is 3.69. The lowest BCUT2D eigenvalue weighted by Crippen LogP contribution is -2.43. The molecule has 1 rings (SSSR count). The molecule has 3 nitrogen and oxygen atoms in total. The van der Waals surface area contributed by atoms with Crippen molar-refractivity contribution >= 4 is 5.97 Å². The van der Waals surface area contributed by atoms with Crippen molar-refractivity contribution in [2.75, 3.05) is 14.1 Å². The number of hydrogen-bond donors (Lipinski definition) is 0. The first-order chi connectivity index (χ1) is 7.47. The van der Waals surface area contributed by atoms with Gasteiger partial charge in [0, 0.05) is 11.6 Å². The predicted octanol–water partition coefficient (Wildman–Crippen LogP) is 2.47. The van der Waals surface area contributed by atoms with Crippen LogP contribution in [-0.2, 0) is 9.63 Å². The summed E-state index contributed by atoms with van der Waals surface area (Å²) in [6.45, 7) is 5.41. The highest BCUT2D eigenvalue weighted by Gasteiger charge is 2.30. The Labute approximate surface area is 96.5 Å². The Bertz CT molecular complexity index is 371. The fourth-order valence-electron chi connectivity index (χ4n) is 1.44. The third-order valence-electron chi connectivity index (χ3n) is 2.71. The number of benzene rings is 1. The SMILES string of the molecule is C=CC(=O)O[N+](C)(C)C(C)c1ccccc1. The molecule has 0 N–H and O–H groups in total. The van der Waals surface area contributed by atoms with Gasteiger partial charge in [-0.25, -0.2) is 4.79 Å². The van der Waals surface area contributed by atoms with Gasteiger partial charge in [-0.1, -0.05) is 36.9 Å². The number of carbonyl (C=O) groups is 1. The van der Waals surface area contributed by atoms with Crippen molar-refractivity contribution in [1.82, 2.24) is 0 Å². The Morgan fingerprint density at radius 2 is 1.94 bits per heavy atom. The minimum absolute atomic E-state index is 0.0742. The third-order valence-corrected chi connectivity index (χ3v) is 2.71. The van der Waals surface area contributed by atoms with Crippen LogP contribution >= 0.6 is 0 Å². The van der Waals surface area contributed by atoms with Crippen molar-refractivity contribution in [2.24, 2.45) is 0 Å². The molecule has 1 atom stereocenters. The summed E-state index contributed by atoms with van der Waals surface area (Å²) in [4.78, 5) is 16.5. The molecule has 1 aromatic rings. The quantitative estimate of drug-likeness (QED) is 0.442. The standard InChI is InChI=1S/C13H18NO2/c1-5-13(15)16-14(3,4)11(2)12-9-7-6-8-10-12/h5-11H,1H2,2-4H3/q+1. The van der Waals surface area contributed by atoms with E-state index in [0.29, 0.717) is 0 Å². The molecule has 0 heterocycles. The average molecular weight is 220 g/mol. The molecular formula is C13H18NO2+. The maximum absolute atomic E-state index is 11.2. The first kappa shape index (κ1) is 12.5. The molecule has 0 aliphatic heterocycles. The number of quaternary nitrogens is 1. The van der Waals surface area contributed by atoms with Gasteiger partial charge >= 0.3 is 5.97 Å². The van der Waals surface area contributed by atoms with Crippen molar-refractivity contribution in [3.63, 3.8) is 0 Å². The molecule has 0 radical (unpaired) electrons. The first-order valence-electron chi connectivity index (χ1n) is 5.22. The summed E-state index contributed by atoms with van der Waals surface area (Å²) in [5.41, 5.74) is 1.13. The molecule has 0 saturated heterocycles. The molecule has 16 heavy (non-hydrogen) atoms. The van der Waals surface area contributed by atoms with E-state index >= 15 is 0 Å². The minimum atomic E-state index is -0.409. The van der Waals surface area contributed by atoms with E-state index < -0.39 is 5.97 Å². The van der Waals surface area contributed by atoms with Crippen LogP contribution in [0.5, 0.6) is 0 Å². The van der Waals surface area contributed by atoms with Gasteiger partial charge in [0.1, 0.15) is 20.1 Å². The van der Waals surface area contributed by atoms with E-state index in [0.717, 1.165) is 5.56 Å². The van der Waals surface area contributed by atoms with Gasteiger partial charge in [-0.2, -0.15) is 0 Å². The average Bonchev–Trinajstić information content (AvgIpc) is 2.28. The van der Waals surface area contributed by atoms with Crippen LogP contribution in [0.1, 0.15) is 18.5 Å². The van der Waals surface area contributed by atoms with E-state index in [1.54, 1.807) is 0 Å². The Morgan fingerprint density at radius 3 is 2.44 bits per heavy atom. The van der Waals surface area contributed by atoms with E-state index in [1.807, 2.05) is 51.4 Å². The van der Waals surface area contributed by atoms with E-state index in [1.165, 1.54) is 6.08 Å². The summed E-state index contributed by atoms with van der Waals surface area (Å²) >= 11 is 0. The number of rotatable bonds is 4. The summed E-state index contributed by atoms with van der Waals surface area (Å²) in [5, 5.41) is 0. The molecule has 0 saturated carbocycles. The van der Waals surface area contributed by atoms with Gasteiger partial charge in [-0.15, -0.1) is 4.65 Å². The normalized spacial score (nSPS) is 12.9. The lowest BCUT2D eigenvalue weighted by atomic mass is 10.1. The highest BCUT2D eigenvalue weighted by atomic mass is 16.7. The van der Waals surface area contributed by atoms with Crippen LogP contribution in [0.15, 0.2) is 43.0 Å². The summed E-state index contributed by atoms with van der Waals surface area (Å²) in [5.74, 6) is -0.409. The predicted molar refractivity (Wildman–Crippen MR) is 63.3 cm³/mol. The van der Waals surface area contributed by atoms with Crippen LogP contribution in [0.25, 0.3) is 0 Å². The van der Waals surface area contributed by atoms with Gasteiger partial charge in [-0.3, -0.25) is 4.84 Å². The second kappa shape index (κ2) is 4.94. The first-order valence-corrected chi connectivity index (χ1v) is 5.22. The van der Waals surface area contributed by atoms with Gasteiger partial charge in [-0.05, 0) is 6.92 Å². The molecule has 3 heteroatoms. The van der Waals surface area contributed by atoms with Crippen LogP contribution < -0.4 is 0 Å². The van der Waals surface area contributed by atoms with Crippen LogP contribution in [0.3, 0.4) is 0 Å². The Balaban J connectivity index is 2.83. The zero-order valence-corrected chi connectivity index (χ0v) is 10.0. The monoisotopic (exact) mass is 220 g/mol. The smallest absolute Gasteiger partial charge is 0.272 e. The second-order valence-corrected chi connectivity index (χ2v) is 4.14. The van der Waals surface area contributed by atoms with E-state index in [9.17, 15) is 4.79 Å². The summed E-state index contributed by atoms with van der Waals surface area (Å²) in [6, 6.07) is 10.0. The molecular weight excluding hydrogens is 202 g/mol. The van der Waals surface area contributed by atoms with Crippen LogP contribution in [0.4, 0.5) is 0 Å². The molecule has 0 spiro atoms. The molecule has 0 amide bonds. The molecule has 1 aromatic carbocycles. The zero-order chi connectivity index (χ0) is 12.2. The number of hydrogen-bond acceptors (Lipinski definition) is 2. The second-order valence-electron chi connectivity index (χ2n) is 4.14. The van der Waals surface area contributed by atoms with Gasteiger partial charge < -0.3 is 0 Å². The van der Waals surface area contributed by atoms with Crippen molar-refractivity contribution in [3.05, 3.63) is 48.6 Å². The molecule has 1 unspecified atom stereocenters. The van der Waals surface area contributed by atoms with Crippen molar-refractivity contribution in [1.29, 1.82) is 0 Å². The molecule has 0 aromatic heterocycles. The summed E-state index contributed by atoms with van der Waals surface area (Å²) in [6.07, 6.45) is 1.18. The lowest BCUT2D eigenvalue weighted by Gasteiger charge is -2.31. The van der Waals surface area contributed by atoms with Gasteiger partial charge in [0.15, 0.2) is 0 Å². The van der Waals surface area contributed by atoms with Gasteiger partial charge in [0.05, 0.1) is 0 Å². The number of nitrogens with zero attached hydrogens (tertiary/aromatic N) is 1. The maximum Gasteiger partial charge on any atom is 0.389 e. The van der Waals surface area contributed by atoms with Crippen LogP contribution in [-0.4, -0.2) is 24.7 Å². The highest BCUT2D eigenvalue weighted by molar-refractivity contribution is 5.80. The molecule has 86 valence electrons. The van der Waals surface area contributed by atoms with Crippen molar-refractivity contribution < 1.29 is 14.3 Å². The fourth-order valence-corrected chi connectivity index (χ4v) is 1.44. The summed E-state index contributed by atoms with van der Waals surface area (Å²) < 4.78 is 0.148. The lowest BCUT2D eigenvalue weighted by molar-refractivity contribution is -1.08. The van der Waals surface area contributed by atoms with Crippen LogP contribution in [0, 0.1) is 0 Å². The zero-order valence-electron chi connectivity index (χ0n) is 10.0.